The predicted molar refractivity (Wildman–Crippen MR) is 201 cm³/mol. The third-order valence-electron chi connectivity index (χ3n) is 9.71. The molecule has 0 aliphatic heterocycles. The Labute approximate surface area is 296 Å². The predicted octanol–water partition coefficient (Wildman–Crippen LogP) is 11.0. The molecular formula is C44H32F3NO4. The van der Waals surface area contributed by atoms with E-state index in [1.807, 2.05) is 60.7 Å². The molecule has 0 saturated carbocycles. The highest BCUT2D eigenvalue weighted by atomic mass is 19.4. The van der Waals surface area contributed by atoms with Gasteiger partial charge in [-0.3, -0.25) is 4.90 Å². The molecule has 8 aromatic rings. The summed E-state index contributed by atoms with van der Waals surface area (Å²) < 4.78 is 43.0. The number of alkyl halides is 3. The van der Waals surface area contributed by atoms with E-state index in [9.17, 15) is 33.6 Å². The smallest absolute Gasteiger partial charge is 0.401 e. The number of fused-ring (bicyclic) bond motifs is 4. The molecule has 0 amide bonds. The van der Waals surface area contributed by atoms with Gasteiger partial charge in [-0.1, -0.05) is 109 Å². The second-order valence-corrected chi connectivity index (χ2v) is 13.1. The van der Waals surface area contributed by atoms with Gasteiger partial charge >= 0.3 is 6.18 Å². The molecule has 0 spiro atoms. The van der Waals surface area contributed by atoms with E-state index in [0.717, 1.165) is 15.7 Å². The molecule has 4 N–H and O–H groups in total. The maximum absolute atomic E-state index is 14.3. The topological polar surface area (TPSA) is 84.2 Å². The normalized spacial score (nSPS) is 12.1. The second-order valence-electron chi connectivity index (χ2n) is 13.1. The molecule has 0 aliphatic rings. The Bertz CT molecular complexity index is 2490. The Kier molecular flexibility index (Phi) is 8.12. The van der Waals surface area contributed by atoms with Crippen LogP contribution in [0.1, 0.15) is 11.1 Å². The third-order valence-corrected chi connectivity index (χ3v) is 9.71. The molecule has 0 fully saturated rings. The highest BCUT2D eigenvalue weighted by Crippen LogP contribution is 2.48. The van der Waals surface area contributed by atoms with Crippen LogP contribution in [0.2, 0.25) is 0 Å². The number of halogens is 3. The molecule has 5 nitrogen and oxygen atoms in total. The van der Waals surface area contributed by atoms with Crippen LogP contribution >= 0.6 is 0 Å². The lowest BCUT2D eigenvalue weighted by atomic mass is 9.89. The molecule has 0 heterocycles. The van der Waals surface area contributed by atoms with Crippen molar-refractivity contribution in [2.24, 2.45) is 0 Å². The summed E-state index contributed by atoms with van der Waals surface area (Å²) in [5.74, 6) is -0.647. The number of benzene rings is 8. The minimum Gasteiger partial charge on any atom is -0.507 e. The zero-order valence-electron chi connectivity index (χ0n) is 27.7. The van der Waals surface area contributed by atoms with Gasteiger partial charge in [-0.05, 0) is 67.4 Å². The number of aromatic hydroxyl groups is 4. The summed E-state index contributed by atoms with van der Waals surface area (Å²) in [6.45, 7) is -2.01. The monoisotopic (exact) mass is 695 g/mol. The fraction of sp³-hybridized carbons (Fsp3) is 0.0909. The Balaban J connectivity index is 1.29. The van der Waals surface area contributed by atoms with Gasteiger partial charge in [0.2, 0.25) is 0 Å². The summed E-state index contributed by atoms with van der Waals surface area (Å²) in [6, 6.07) is 39.2. The van der Waals surface area contributed by atoms with E-state index < -0.39 is 12.7 Å². The minimum absolute atomic E-state index is 0.0752. The van der Waals surface area contributed by atoms with E-state index in [4.69, 9.17) is 0 Å². The number of phenols is 4. The van der Waals surface area contributed by atoms with Crippen LogP contribution in [0.4, 0.5) is 13.2 Å². The Hall–Kier alpha value is -6.25. The highest BCUT2D eigenvalue weighted by Gasteiger charge is 2.33. The summed E-state index contributed by atoms with van der Waals surface area (Å²) in [6.07, 6.45) is -4.62. The average molecular weight is 696 g/mol. The first kappa shape index (κ1) is 32.9. The maximum Gasteiger partial charge on any atom is 0.401 e. The lowest BCUT2D eigenvalue weighted by molar-refractivity contribution is -0.148. The van der Waals surface area contributed by atoms with Crippen molar-refractivity contribution in [3.63, 3.8) is 0 Å². The van der Waals surface area contributed by atoms with Crippen molar-refractivity contribution in [3.05, 3.63) is 145 Å². The van der Waals surface area contributed by atoms with Gasteiger partial charge in [-0.25, -0.2) is 0 Å². The number of nitrogens with zero attached hydrogens (tertiary/aromatic N) is 1. The van der Waals surface area contributed by atoms with Crippen LogP contribution in [0, 0.1) is 0 Å². The fourth-order valence-corrected chi connectivity index (χ4v) is 7.49. The summed E-state index contributed by atoms with van der Waals surface area (Å²) in [7, 11) is 0. The zero-order chi connectivity index (χ0) is 36.1. The van der Waals surface area contributed by atoms with E-state index in [1.54, 1.807) is 72.8 Å². The van der Waals surface area contributed by atoms with Crippen molar-refractivity contribution in [2.45, 2.75) is 19.3 Å². The van der Waals surface area contributed by atoms with Crippen LogP contribution in [0.3, 0.4) is 0 Å². The van der Waals surface area contributed by atoms with Crippen LogP contribution < -0.4 is 0 Å². The SMILES string of the molecule is Oc1ccc2ccccc2c1-c1c(O)c(CN(Cc2cc3ccccc3c(-c3c(O)ccc4ccccc34)c2O)CC(F)(F)F)cc2ccccc12. The molecule has 8 aromatic carbocycles. The molecule has 0 aliphatic carbocycles. The van der Waals surface area contributed by atoms with Gasteiger partial charge in [0.05, 0.1) is 6.54 Å². The van der Waals surface area contributed by atoms with Gasteiger partial charge in [0.25, 0.3) is 0 Å². The van der Waals surface area contributed by atoms with E-state index in [1.165, 1.54) is 0 Å². The van der Waals surface area contributed by atoms with Crippen LogP contribution in [0.5, 0.6) is 23.0 Å². The molecule has 8 heteroatoms. The number of hydrogen-bond donors (Lipinski definition) is 4. The van der Waals surface area contributed by atoms with Crippen molar-refractivity contribution in [3.8, 4) is 45.3 Å². The molecule has 0 atom stereocenters. The van der Waals surface area contributed by atoms with E-state index in [-0.39, 0.29) is 47.2 Å². The lowest BCUT2D eigenvalue weighted by Crippen LogP contribution is -2.33. The Morgan fingerprint density at radius 3 is 1.15 bits per heavy atom. The molecule has 258 valence electrons. The van der Waals surface area contributed by atoms with E-state index >= 15 is 0 Å². The largest absolute Gasteiger partial charge is 0.507 e. The summed E-state index contributed by atoms with van der Waals surface area (Å²) in [5, 5.41) is 51.9. The Morgan fingerprint density at radius 2 is 0.769 bits per heavy atom. The molecular weight excluding hydrogens is 663 g/mol. The van der Waals surface area contributed by atoms with Gasteiger partial charge in [0, 0.05) is 46.5 Å². The molecule has 0 bridgehead atoms. The zero-order valence-corrected chi connectivity index (χ0v) is 27.7. The molecule has 52 heavy (non-hydrogen) atoms. The highest BCUT2D eigenvalue weighted by molar-refractivity contribution is 6.11. The fourth-order valence-electron chi connectivity index (χ4n) is 7.49. The molecule has 0 radical (unpaired) electrons. The van der Waals surface area contributed by atoms with Gasteiger partial charge in [-0.2, -0.15) is 13.2 Å². The minimum atomic E-state index is -4.62. The van der Waals surface area contributed by atoms with Crippen molar-refractivity contribution >= 4 is 43.1 Å². The van der Waals surface area contributed by atoms with Crippen molar-refractivity contribution in [2.75, 3.05) is 6.54 Å². The van der Waals surface area contributed by atoms with Crippen LogP contribution in [0.25, 0.3) is 65.3 Å². The number of hydrogen-bond acceptors (Lipinski definition) is 5. The second kappa shape index (κ2) is 12.8. The first-order chi connectivity index (χ1) is 25.1. The summed E-state index contributed by atoms with van der Waals surface area (Å²) >= 11 is 0. The van der Waals surface area contributed by atoms with Gasteiger partial charge in [0.1, 0.15) is 23.0 Å². The quantitative estimate of drug-likeness (QED) is 0.133. The average Bonchev–Trinajstić information content (AvgIpc) is 3.13. The van der Waals surface area contributed by atoms with Crippen molar-refractivity contribution < 1.29 is 33.6 Å². The van der Waals surface area contributed by atoms with Crippen molar-refractivity contribution in [1.82, 2.24) is 4.90 Å². The Morgan fingerprint density at radius 1 is 0.423 bits per heavy atom. The third kappa shape index (κ3) is 5.87. The molecule has 0 saturated heterocycles. The summed E-state index contributed by atoms with van der Waals surface area (Å²) in [5.41, 5.74) is 1.83. The van der Waals surface area contributed by atoms with Crippen LogP contribution in [0.15, 0.2) is 133 Å². The van der Waals surface area contributed by atoms with Crippen molar-refractivity contribution in [1.29, 1.82) is 0 Å². The molecule has 0 aromatic heterocycles. The standard InChI is InChI=1S/C44H32F3NO4/c45-44(46,47)25-48(23-30-21-28-11-3-7-15-34(28)40(42(30)51)38-32-13-5-1-9-26(32)17-19-36(38)49)24-31-22-29-12-4-8-16-35(29)41(43(31)52)39-33-14-6-2-10-27(33)18-20-37(39)50/h1-22,49-52H,23-25H2. The van der Waals surface area contributed by atoms with Gasteiger partial charge < -0.3 is 20.4 Å². The number of phenolic OH excluding ortho intramolecular Hbond substituents is 4. The maximum atomic E-state index is 14.3. The summed E-state index contributed by atoms with van der Waals surface area (Å²) in [4.78, 5) is 1.13. The van der Waals surface area contributed by atoms with E-state index in [2.05, 4.69) is 0 Å². The van der Waals surface area contributed by atoms with Gasteiger partial charge in [0.15, 0.2) is 0 Å². The molecule has 0 unspecified atom stereocenters. The molecule has 8 rings (SSSR count). The number of rotatable bonds is 7. The first-order valence-electron chi connectivity index (χ1n) is 16.8. The van der Waals surface area contributed by atoms with Gasteiger partial charge in [-0.15, -0.1) is 0 Å². The van der Waals surface area contributed by atoms with Crippen LogP contribution in [-0.4, -0.2) is 38.0 Å². The van der Waals surface area contributed by atoms with Crippen LogP contribution in [-0.2, 0) is 13.1 Å². The van der Waals surface area contributed by atoms with E-state index in [0.29, 0.717) is 54.6 Å². The first-order valence-corrected chi connectivity index (χ1v) is 16.8. The lowest BCUT2D eigenvalue weighted by Gasteiger charge is -2.26.